The minimum absolute atomic E-state index is 0. The van der Waals surface area contributed by atoms with Crippen molar-refractivity contribution in [3.8, 4) is 17.4 Å². The molecule has 0 aromatic carbocycles. The third-order valence-corrected chi connectivity index (χ3v) is 4.85. The van der Waals surface area contributed by atoms with Crippen LogP contribution in [0, 0.1) is 0 Å². The van der Waals surface area contributed by atoms with Crippen LogP contribution in [0.25, 0.3) is 21.7 Å². The summed E-state index contributed by atoms with van der Waals surface area (Å²) in [5, 5.41) is 5.94. The molecule has 1 N–H and O–H groups in total. The number of thiophene rings is 1. The van der Waals surface area contributed by atoms with E-state index in [1.54, 1.807) is 6.20 Å². The highest BCUT2D eigenvalue weighted by molar-refractivity contribution is 7.16. The highest BCUT2D eigenvalue weighted by atomic mass is 35.5. The van der Waals surface area contributed by atoms with Crippen molar-refractivity contribution in [2.45, 2.75) is 18.6 Å². The van der Waals surface area contributed by atoms with Gasteiger partial charge in [-0.1, -0.05) is 6.07 Å². The van der Waals surface area contributed by atoms with Gasteiger partial charge in [0.15, 0.2) is 5.82 Å². The van der Waals surface area contributed by atoms with Crippen LogP contribution in [0.2, 0.25) is 0 Å². The minimum atomic E-state index is -0.343. The molecule has 1 saturated heterocycles. The Balaban J connectivity index is 0.00000196. The number of ether oxygens (including phenoxy) is 2. The van der Waals surface area contributed by atoms with E-state index in [9.17, 15) is 4.79 Å². The van der Waals surface area contributed by atoms with Crippen LogP contribution in [-0.2, 0) is 9.53 Å². The standard InChI is InChI=1S/C17H16N4O3S.ClH/c1-23-17(22)13-8-10(9-19-13)24-15-11-5-7-25-16(11)21-14(20-15)12-4-2-3-6-18-12;/h2-7,10,13,19H,8-9H2,1H3;1H. The smallest absolute Gasteiger partial charge is 0.323 e. The number of esters is 1. The van der Waals surface area contributed by atoms with Gasteiger partial charge in [-0.15, -0.1) is 23.7 Å². The maximum absolute atomic E-state index is 11.6. The third kappa shape index (κ3) is 3.62. The Kier molecular flexibility index (Phi) is 5.65. The first-order valence-electron chi connectivity index (χ1n) is 7.89. The van der Waals surface area contributed by atoms with Crippen LogP contribution in [0.4, 0.5) is 0 Å². The minimum Gasteiger partial charge on any atom is -0.472 e. The molecule has 9 heteroatoms. The number of aromatic nitrogens is 3. The highest BCUT2D eigenvalue weighted by Crippen LogP contribution is 2.30. The van der Waals surface area contributed by atoms with E-state index in [0.717, 1.165) is 10.2 Å². The van der Waals surface area contributed by atoms with E-state index in [4.69, 9.17) is 9.47 Å². The van der Waals surface area contributed by atoms with Gasteiger partial charge >= 0.3 is 5.97 Å². The van der Waals surface area contributed by atoms with Gasteiger partial charge in [0.05, 0.1) is 12.5 Å². The lowest BCUT2D eigenvalue weighted by molar-refractivity contribution is -0.142. The average molecular weight is 393 g/mol. The molecule has 26 heavy (non-hydrogen) atoms. The first kappa shape index (κ1) is 18.5. The molecule has 1 aliphatic rings. The molecule has 0 saturated carbocycles. The van der Waals surface area contributed by atoms with E-state index >= 15 is 0 Å². The molecule has 0 aliphatic carbocycles. The lowest BCUT2D eigenvalue weighted by Crippen LogP contribution is -2.31. The second-order valence-corrected chi connectivity index (χ2v) is 6.56. The number of nitrogens with zero attached hydrogens (tertiary/aromatic N) is 3. The van der Waals surface area contributed by atoms with Crippen molar-refractivity contribution in [2.75, 3.05) is 13.7 Å². The Morgan fingerprint density at radius 1 is 1.31 bits per heavy atom. The summed E-state index contributed by atoms with van der Waals surface area (Å²) in [6, 6.07) is 7.21. The molecule has 0 amide bonds. The number of carbonyl (C=O) groups is 1. The van der Waals surface area contributed by atoms with Crippen molar-refractivity contribution in [3.63, 3.8) is 0 Å². The maximum Gasteiger partial charge on any atom is 0.323 e. The van der Waals surface area contributed by atoms with Gasteiger partial charge in [0.1, 0.15) is 22.7 Å². The van der Waals surface area contributed by atoms with E-state index in [1.165, 1.54) is 18.4 Å². The van der Waals surface area contributed by atoms with Crippen molar-refractivity contribution in [2.24, 2.45) is 0 Å². The molecule has 0 bridgehead atoms. The first-order valence-corrected chi connectivity index (χ1v) is 8.77. The summed E-state index contributed by atoms with van der Waals surface area (Å²) >= 11 is 1.53. The fourth-order valence-corrected chi connectivity index (χ4v) is 3.55. The molecule has 0 radical (unpaired) electrons. The number of hydrogen-bond acceptors (Lipinski definition) is 8. The van der Waals surface area contributed by atoms with Gasteiger partial charge < -0.3 is 14.8 Å². The zero-order valence-electron chi connectivity index (χ0n) is 13.9. The molecule has 1 fully saturated rings. The molecule has 4 rings (SSSR count). The lowest BCUT2D eigenvalue weighted by Gasteiger charge is -2.13. The number of pyridine rings is 1. The number of hydrogen-bond donors (Lipinski definition) is 1. The molecule has 2 atom stereocenters. The van der Waals surface area contributed by atoms with Crippen molar-refractivity contribution < 1.29 is 14.3 Å². The monoisotopic (exact) mass is 392 g/mol. The first-order chi connectivity index (χ1) is 12.2. The fraction of sp³-hybridized carbons (Fsp3) is 0.294. The van der Waals surface area contributed by atoms with Crippen molar-refractivity contribution in [3.05, 3.63) is 35.8 Å². The van der Waals surface area contributed by atoms with Gasteiger partial charge in [-0.25, -0.2) is 4.98 Å². The predicted octanol–water partition coefficient (Wildman–Crippen LogP) is 2.46. The lowest BCUT2D eigenvalue weighted by atomic mass is 10.2. The Labute approximate surface area is 160 Å². The highest BCUT2D eigenvalue weighted by Gasteiger charge is 2.32. The Morgan fingerprint density at radius 2 is 2.19 bits per heavy atom. The van der Waals surface area contributed by atoms with Gasteiger partial charge in [-0.3, -0.25) is 9.78 Å². The normalized spacial score (nSPS) is 19.1. The number of halogens is 1. The van der Waals surface area contributed by atoms with Crippen molar-refractivity contribution >= 4 is 39.9 Å². The summed E-state index contributed by atoms with van der Waals surface area (Å²) in [6.07, 6.45) is 2.10. The number of nitrogens with one attached hydrogen (secondary N) is 1. The van der Waals surface area contributed by atoms with Crippen LogP contribution in [-0.4, -0.2) is 46.7 Å². The zero-order chi connectivity index (χ0) is 17.2. The van der Waals surface area contributed by atoms with Crippen LogP contribution in [0.1, 0.15) is 6.42 Å². The maximum atomic E-state index is 11.6. The number of rotatable bonds is 4. The fourth-order valence-electron chi connectivity index (χ4n) is 2.80. The summed E-state index contributed by atoms with van der Waals surface area (Å²) in [4.78, 5) is 25.9. The largest absolute Gasteiger partial charge is 0.472 e. The molecule has 3 aromatic heterocycles. The summed E-state index contributed by atoms with van der Waals surface area (Å²) in [6.45, 7) is 0.564. The summed E-state index contributed by atoms with van der Waals surface area (Å²) in [5.74, 6) is 0.772. The summed E-state index contributed by atoms with van der Waals surface area (Å²) < 4.78 is 10.9. The number of fused-ring (bicyclic) bond motifs is 1. The van der Waals surface area contributed by atoms with Gasteiger partial charge in [0.2, 0.25) is 5.88 Å². The van der Waals surface area contributed by atoms with Gasteiger partial charge in [-0.05, 0) is 23.6 Å². The van der Waals surface area contributed by atoms with E-state index in [2.05, 4.69) is 20.3 Å². The Bertz CT molecular complexity index is 905. The predicted molar refractivity (Wildman–Crippen MR) is 101 cm³/mol. The summed E-state index contributed by atoms with van der Waals surface area (Å²) in [7, 11) is 1.39. The van der Waals surface area contributed by atoms with Crippen molar-refractivity contribution in [1.29, 1.82) is 0 Å². The van der Waals surface area contributed by atoms with Crippen LogP contribution in [0.15, 0.2) is 35.8 Å². The Hall–Kier alpha value is -2.29. The zero-order valence-corrected chi connectivity index (χ0v) is 15.5. The molecule has 1 aliphatic heterocycles. The molecule has 7 nitrogen and oxygen atoms in total. The van der Waals surface area contributed by atoms with Gasteiger partial charge in [-0.2, -0.15) is 4.98 Å². The van der Waals surface area contributed by atoms with E-state index in [0.29, 0.717) is 30.4 Å². The molecule has 2 unspecified atom stereocenters. The summed E-state index contributed by atoms with van der Waals surface area (Å²) in [5.41, 5.74) is 0.694. The van der Waals surface area contributed by atoms with E-state index in [1.807, 2.05) is 29.6 Å². The van der Waals surface area contributed by atoms with E-state index in [-0.39, 0.29) is 30.5 Å². The second kappa shape index (κ2) is 7.94. The second-order valence-electron chi connectivity index (χ2n) is 5.67. The van der Waals surface area contributed by atoms with Gasteiger partial charge in [0.25, 0.3) is 0 Å². The molecule has 0 spiro atoms. The number of carbonyl (C=O) groups excluding carboxylic acids is 1. The topological polar surface area (TPSA) is 86.2 Å². The number of methoxy groups -OCH3 is 1. The quantitative estimate of drug-likeness (QED) is 0.682. The average Bonchev–Trinajstić information content (AvgIpc) is 3.31. The van der Waals surface area contributed by atoms with Crippen LogP contribution in [0.3, 0.4) is 0 Å². The van der Waals surface area contributed by atoms with E-state index < -0.39 is 0 Å². The molecule has 4 heterocycles. The van der Waals surface area contributed by atoms with Crippen molar-refractivity contribution in [1.82, 2.24) is 20.3 Å². The third-order valence-electron chi connectivity index (χ3n) is 4.04. The molecular formula is C17H17ClN4O3S. The van der Waals surface area contributed by atoms with Crippen LogP contribution in [0.5, 0.6) is 5.88 Å². The van der Waals surface area contributed by atoms with Gasteiger partial charge in [0, 0.05) is 19.2 Å². The Morgan fingerprint density at radius 3 is 2.96 bits per heavy atom. The molecule has 136 valence electrons. The molecule has 3 aromatic rings. The molecular weight excluding hydrogens is 376 g/mol. The SMILES string of the molecule is COC(=O)C1CC(Oc2nc(-c3ccccn3)nc3sccc23)CN1.Cl. The van der Waals surface area contributed by atoms with Crippen LogP contribution < -0.4 is 10.1 Å². The van der Waals surface area contributed by atoms with Crippen LogP contribution >= 0.6 is 23.7 Å².